The van der Waals surface area contributed by atoms with E-state index in [2.05, 4.69) is 9.47 Å². The van der Waals surface area contributed by atoms with Crippen LogP contribution in [0.15, 0.2) is 0 Å². The van der Waals surface area contributed by atoms with Crippen molar-refractivity contribution in [3.05, 3.63) is 0 Å². The summed E-state index contributed by atoms with van der Waals surface area (Å²) in [6, 6.07) is 0. The van der Waals surface area contributed by atoms with Crippen LogP contribution in [0.1, 0.15) is 0 Å². The summed E-state index contributed by atoms with van der Waals surface area (Å²) >= 11 is 0. The van der Waals surface area contributed by atoms with Crippen molar-refractivity contribution in [1.29, 1.82) is 0 Å². The zero-order chi connectivity index (χ0) is 25.2. The van der Waals surface area contributed by atoms with Crippen LogP contribution in [0, 0.1) is 0 Å². The molecule has 4 aliphatic rings. The largest absolute Gasteiger partial charge is 0.394 e. The summed E-state index contributed by atoms with van der Waals surface area (Å²) < 4.78 is 214. The minimum atomic E-state index is -7.70. The van der Waals surface area contributed by atoms with Gasteiger partial charge < -0.3 is 20.3 Å². The van der Waals surface area contributed by atoms with Crippen molar-refractivity contribution in [1.82, 2.24) is 0 Å². The van der Waals surface area contributed by atoms with E-state index < -0.39 is 84.4 Å². The molecule has 2 unspecified atom stereocenters. The number of hydrogen-bond donors (Lipinski definition) is 2. The molecule has 4 aliphatic carbocycles. The maximum Gasteiger partial charge on any atom is 0.339 e. The van der Waals surface area contributed by atoms with Crippen molar-refractivity contribution < 1.29 is 76.0 Å². The Bertz CT molecular complexity index is 720. The first-order valence-electron chi connectivity index (χ1n) is 8.36. The summed E-state index contributed by atoms with van der Waals surface area (Å²) in [6.07, 6.45) is 0. The van der Waals surface area contributed by atoms with E-state index in [1.54, 1.807) is 0 Å². The Morgan fingerprint density at radius 2 is 0.812 bits per heavy atom. The van der Waals surface area contributed by atoms with Gasteiger partial charge in [-0.3, -0.25) is 0 Å². The van der Waals surface area contributed by atoms with E-state index >= 15 is 17.6 Å². The fourth-order valence-corrected chi connectivity index (χ4v) is 4.78. The third-order valence-corrected chi connectivity index (χ3v) is 6.10. The van der Waals surface area contributed by atoms with Gasteiger partial charge in [0.25, 0.3) is 11.2 Å². The Morgan fingerprint density at radius 3 is 1.09 bits per heavy atom. The fourth-order valence-electron chi connectivity index (χ4n) is 4.78. The molecule has 4 saturated carbocycles. The Hall–Kier alpha value is -1.14. The summed E-state index contributed by atoms with van der Waals surface area (Å²) in [6.45, 7) is -7.26. The second kappa shape index (κ2) is 5.91. The highest BCUT2D eigenvalue weighted by atomic mass is 19.3. The van der Waals surface area contributed by atoms with Crippen LogP contribution in [-0.4, -0.2) is 89.5 Å². The van der Waals surface area contributed by atoms with Crippen LogP contribution in [-0.2, 0) is 9.47 Å². The van der Waals surface area contributed by atoms with Crippen LogP contribution in [0.5, 0.6) is 0 Å². The molecule has 0 heterocycles. The molecule has 0 aromatic carbocycles. The molecule has 32 heavy (non-hydrogen) atoms. The summed E-state index contributed by atoms with van der Waals surface area (Å²) in [5.41, 5.74) is -23.6. The van der Waals surface area contributed by atoms with Crippen LogP contribution < -0.4 is 5.73 Å². The monoisotopic (exact) mass is 507 g/mol. The average molecular weight is 507 g/mol. The number of aliphatic hydroxyl groups excluding tert-OH is 1. The molecule has 0 aromatic heterocycles. The normalized spacial score (nSPS) is 45.8. The highest BCUT2D eigenvalue weighted by molar-refractivity contribution is 5.54. The van der Waals surface area contributed by atoms with Crippen LogP contribution >= 0.6 is 0 Å². The van der Waals surface area contributed by atoms with E-state index in [1.165, 1.54) is 0 Å². The van der Waals surface area contributed by atoms with Crippen LogP contribution in [0.25, 0.3) is 0 Å². The lowest BCUT2D eigenvalue weighted by Crippen LogP contribution is -3.11. The fraction of sp³-hybridized carbons (Fsp3) is 1.00. The predicted octanol–water partition coefficient (Wildman–Crippen LogP) is 2.72. The summed E-state index contributed by atoms with van der Waals surface area (Å²) in [4.78, 5) is 0. The van der Waals surface area contributed by atoms with Crippen LogP contribution in [0.2, 0.25) is 0 Å². The molecule has 0 aromatic rings. The van der Waals surface area contributed by atoms with Gasteiger partial charge in [0.15, 0.2) is 0 Å². The van der Waals surface area contributed by atoms with Crippen molar-refractivity contribution in [2.24, 2.45) is 5.73 Å². The topological polar surface area (TPSA) is 64.7 Å². The van der Waals surface area contributed by atoms with Gasteiger partial charge in [-0.1, -0.05) is 0 Å². The van der Waals surface area contributed by atoms with Gasteiger partial charge in [-0.15, -0.1) is 0 Å². The molecule has 4 nitrogen and oxygen atoms in total. The second-order valence-corrected chi connectivity index (χ2v) is 7.33. The lowest BCUT2D eigenvalue weighted by molar-refractivity contribution is -0.629. The van der Waals surface area contributed by atoms with E-state index in [-0.39, 0.29) is 0 Å². The molecule has 0 spiro atoms. The maximum absolute atomic E-state index is 15.2. The molecule has 2 atom stereocenters. The van der Waals surface area contributed by atoms with Gasteiger partial charge in [-0.2, -0.15) is 52.7 Å². The van der Waals surface area contributed by atoms with Crippen LogP contribution in [0.3, 0.4) is 0 Å². The molecule has 188 valence electrons. The Kier molecular flexibility index (Phi) is 4.71. The number of hydrogen-bond acceptors (Lipinski definition) is 4. The van der Waals surface area contributed by atoms with E-state index in [9.17, 15) is 43.9 Å². The van der Waals surface area contributed by atoms with Gasteiger partial charge in [0.1, 0.15) is 0 Å². The zero-order valence-electron chi connectivity index (χ0n) is 15.0. The summed E-state index contributed by atoms with van der Waals surface area (Å²) in [5.74, 6) is -44.6. The Morgan fingerprint density at radius 1 is 0.500 bits per heavy atom. The van der Waals surface area contributed by atoms with Gasteiger partial charge >= 0.3 is 46.9 Å². The summed E-state index contributed by atoms with van der Waals surface area (Å²) in [5, 5.41) is 8.58. The smallest absolute Gasteiger partial charge is 0.339 e. The highest BCUT2D eigenvalue weighted by Gasteiger charge is 3.23. The van der Waals surface area contributed by atoms with E-state index in [0.717, 1.165) is 0 Å². The minimum Gasteiger partial charge on any atom is -0.394 e. The molecule has 0 amide bonds. The standard InChI is InChI=1S/C14H11F14NO3/c15-5-9(17,18)6(16)11(21,22)7(10(5,19)20,31-3-1-29)14(27,28)8(12(5,23)24,13(6,25)26)32-4-2-30/h30H,1-4,29H2. The third-order valence-electron chi connectivity index (χ3n) is 6.10. The number of alkyl halides is 14. The molecular formula is C14H11F14NO3. The number of nitrogens with two attached hydrogens (primary N) is 1. The SMILES string of the molecule is NCCOC12C(F)(F)C3(F)C(F)(F)C(F)(C1(F)F)C(F)(F)C(OCCO)(C3(F)F)C2(F)F. The molecule has 18 heteroatoms. The number of ether oxygens (including phenoxy) is 2. The van der Waals surface area contributed by atoms with Crippen molar-refractivity contribution in [3.63, 3.8) is 0 Å². The predicted molar refractivity (Wildman–Crippen MR) is 70.9 cm³/mol. The molecule has 3 N–H and O–H groups in total. The van der Waals surface area contributed by atoms with E-state index in [4.69, 9.17) is 10.8 Å². The molecule has 4 fully saturated rings. The van der Waals surface area contributed by atoms with Gasteiger partial charge in [0.05, 0.1) is 19.8 Å². The first-order valence-corrected chi connectivity index (χ1v) is 8.36. The van der Waals surface area contributed by atoms with Crippen molar-refractivity contribution in [2.75, 3.05) is 26.4 Å². The minimum absolute atomic E-state index is 1.31. The van der Waals surface area contributed by atoms with Crippen LogP contribution in [0.4, 0.5) is 61.5 Å². The third kappa shape index (κ3) is 1.64. The molecule has 0 radical (unpaired) electrons. The Balaban J connectivity index is 2.66. The van der Waals surface area contributed by atoms with Crippen molar-refractivity contribution in [2.45, 2.75) is 58.1 Å². The van der Waals surface area contributed by atoms with E-state index in [1.807, 2.05) is 0 Å². The zero-order valence-corrected chi connectivity index (χ0v) is 15.0. The molecule has 4 bridgehead atoms. The average Bonchev–Trinajstić information content (AvgIpc) is 2.63. The first-order chi connectivity index (χ1) is 14.1. The van der Waals surface area contributed by atoms with Gasteiger partial charge in [-0.05, 0) is 0 Å². The number of halogens is 14. The lowest BCUT2D eigenvalue weighted by Gasteiger charge is -2.76. The van der Waals surface area contributed by atoms with Gasteiger partial charge in [0.2, 0.25) is 0 Å². The molecule has 0 saturated heterocycles. The highest BCUT2D eigenvalue weighted by Crippen LogP contribution is 2.88. The van der Waals surface area contributed by atoms with Gasteiger partial charge in [0, 0.05) is 6.54 Å². The summed E-state index contributed by atoms with van der Waals surface area (Å²) in [7, 11) is 0. The molecule has 4 rings (SSSR count). The Labute approximate surface area is 167 Å². The lowest BCUT2D eigenvalue weighted by atomic mass is 9.39. The maximum atomic E-state index is 15.2. The quantitative estimate of drug-likeness (QED) is 0.544. The van der Waals surface area contributed by atoms with E-state index in [0.29, 0.717) is 0 Å². The van der Waals surface area contributed by atoms with Crippen molar-refractivity contribution >= 4 is 0 Å². The molecular weight excluding hydrogens is 496 g/mol. The van der Waals surface area contributed by atoms with Gasteiger partial charge in [-0.25, -0.2) is 8.78 Å². The number of aliphatic hydroxyl groups is 1. The molecule has 0 aliphatic heterocycles. The number of rotatable bonds is 6. The van der Waals surface area contributed by atoms with Crippen molar-refractivity contribution in [3.8, 4) is 0 Å². The second-order valence-electron chi connectivity index (χ2n) is 7.33. The first kappa shape index (κ1) is 25.5.